The van der Waals surface area contributed by atoms with Crippen LogP contribution in [0.3, 0.4) is 0 Å². The zero-order valence-electron chi connectivity index (χ0n) is 17.0. The number of hydrogen-bond acceptors (Lipinski definition) is 2. The van der Waals surface area contributed by atoms with Gasteiger partial charge in [0.25, 0.3) is 5.82 Å². The van der Waals surface area contributed by atoms with Gasteiger partial charge in [-0.15, -0.1) is 0 Å². The Balaban J connectivity index is 1.67. The predicted octanol–water partition coefficient (Wildman–Crippen LogP) is 4.28. The van der Waals surface area contributed by atoms with E-state index in [-0.39, 0.29) is 0 Å². The van der Waals surface area contributed by atoms with Crippen molar-refractivity contribution < 1.29 is 31.6 Å². The van der Waals surface area contributed by atoms with Gasteiger partial charge in [0.15, 0.2) is 0 Å². The monoisotopic (exact) mass is 458 g/mol. The average Bonchev–Trinajstić information content (AvgIpc) is 3.43. The molecular formula is C24H17F5N3O+. The van der Waals surface area contributed by atoms with Crippen molar-refractivity contribution in [3.8, 4) is 5.69 Å². The molecule has 1 atom stereocenters. The van der Waals surface area contributed by atoms with Crippen LogP contribution < -0.4 is 4.57 Å². The van der Waals surface area contributed by atoms with Crippen molar-refractivity contribution in [1.82, 2.24) is 9.78 Å². The highest BCUT2D eigenvalue weighted by Gasteiger charge is 2.49. The number of fused-ring (bicyclic) bond motifs is 1. The highest BCUT2D eigenvalue weighted by atomic mass is 19.2. The minimum atomic E-state index is -2.23. The van der Waals surface area contributed by atoms with Crippen molar-refractivity contribution >= 4 is 0 Å². The topological polar surface area (TPSA) is 41.9 Å². The molecule has 3 aromatic carbocycles. The minimum Gasteiger partial charge on any atom is -0.377 e. The number of nitrogens with zero attached hydrogens (tertiary/aromatic N) is 3. The summed E-state index contributed by atoms with van der Waals surface area (Å²) >= 11 is 0. The zero-order chi connectivity index (χ0) is 23.3. The van der Waals surface area contributed by atoms with Crippen molar-refractivity contribution in [2.24, 2.45) is 0 Å². The van der Waals surface area contributed by atoms with E-state index < -0.39 is 46.4 Å². The molecule has 1 aliphatic heterocycles. The smallest absolute Gasteiger partial charge is 0.278 e. The summed E-state index contributed by atoms with van der Waals surface area (Å²) in [6.07, 6.45) is 1.93. The maximum absolute atomic E-state index is 14.4. The molecule has 0 spiro atoms. The van der Waals surface area contributed by atoms with Crippen LogP contribution in [-0.2, 0) is 12.0 Å². The maximum atomic E-state index is 14.4. The molecule has 0 saturated carbocycles. The molecule has 1 aromatic heterocycles. The van der Waals surface area contributed by atoms with Gasteiger partial charge in [-0.2, -0.15) is 8.78 Å². The van der Waals surface area contributed by atoms with E-state index in [9.17, 15) is 27.1 Å². The summed E-state index contributed by atoms with van der Waals surface area (Å²) in [6.45, 7) is 0. The molecule has 0 amide bonds. The van der Waals surface area contributed by atoms with E-state index in [1.54, 1.807) is 48.5 Å². The molecule has 4 nitrogen and oxygen atoms in total. The molecule has 1 aliphatic rings. The molecule has 0 saturated heterocycles. The van der Waals surface area contributed by atoms with Gasteiger partial charge in [0.2, 0.25) is 41.1 Å². The first kappa shape index (κ1) is 21.3. The van der Waals surface area contributed by atoms with E-state index in [0.717, 1.165) is 6.33 Å². The summed E-state index contributed by atoms with van der Waals surface area (Å²) in [5, 5.41) is 16.1. The van der Waals surface area contributed by atoms with Crippen LogP contribution >= 0.6 is 0 Å². The molecule has 5 rings (SSSR count). The van der Waals surface area contributed by atoms with Crippen molar-refractivity contribution in [3.05, 3.63) is 113 Å². The molecule has 168 valence electrons. The number of halogens is 5. The normalized spacial score (nSPS) is 15.6. The number of aliphatic hydroxyl groups is 1. The van der Waals surface area contributed by atoms with Crippen LogP contribution in [0, 0.1) is 29.1 Å². The van der Waals surface area contributed by atoms with E-state index >= 15 is 0 Å². The first-order valence-corrected chi connectivity index (χ1v) is 10.2. The van der Waals surface area contributed by atoms with E-state index in [2.05, 4.69) is 5.10 Å². The van der Waals surface area contributed by atoms with Crippen molar-refractivity contribution in [3.63, 3.8) is 0 Å². The number of aromatic nitrogens is 3. The molecule has 0 radical (unpaired) electrons. The van der Waals surface area contributed by atoms with Crippen LogP contribution in [0.1, 0.15) is 29.4 Å². The maximum Gasteiger partial charge on any atom is 0.278 e. The van der Waals surface area contributed by atoms with Gasteiger partial charge < -0.3 is 5.11 Å². The zero-order valence-corrected chi connectivity index (χ0v) is 17.0. The molecule has 0 aliphatic carbocycles. The summed E-state index contributed by atoms with van der Waals surface area (Å²) in [4.78, 5) is 0. The van der Waals surface area contributed by atoms with E-state index in [1.165, 1.54) is 4.57 Å². The molecular weight excluding hydrogens is 441 g/mol. The summed E-state index contributed by atoms with van der Waals surface area (Å²) in [5.41, 5.74) is -1.53. The molecule has 9 heteroatoms. The fraction of sp³-hybridized carbons (Fsp3) is 0.167. The van der Waals surface area contributed by atoms with Crippen LogP contribution in [0.15, 0.2) is 67.0 Å². The number of benzene rings is 3. The molecule has 0 fully saturated rings. The highest BCUT2D eigenvalue weighted by Crippen LogP contribution is 2.41. The quantitative estimate of drug-likeness (QED) is 0.215. The lowest BCUT2D eigenvalue weighted by Crippen LogP contribution is -2.50. The van der Waals surface area contributed by atoms with Gasteiger partial charge >= 0.3 is 0 Å². The van der Waals surface area contributed by atoms with Gasteiger partial charge in [-0.1, -0.05) is 65.3 Å². The second-order valence-electron chi connectivity index (χ2n) is 7.85. The molecule has 33 heavy (non-hydrogen) atoms. The van der Waals surface area contributed by atoms with Crippen molar-refractivity contribution in [2.45, 2.75) is 24.5 Å². The van der Waals surface area contributed by atoms with E-state index in [4.69, 9.17) is 0 Å². The summed E-state index contributed by atoms with van der Waals surface area (Å²) in [6, 6.07) is 17.1. The van der Waals surface area contributed by atoms with Gasteiger partial charge in [0.05, 0.1) is 0 Å². The number of aryl methyl sites for hydroxylation is 1. The number of rotatable bonds is 4. The Hall–Kier alpha value is -3.59. The third-order valence-corrected chi connectivity index (χ3v) is 6.06. The van der Waals surface area contributed by atoms with Crippen molar-refractivity contribution in [2.75, 3.05) is 0 Å². The lowest BCUT2D eigenvalue weighted by atomic mass is 9.79. The average molecular weight is 458 g/mol. The Kier molecular flexibility index (Phi) is 5.01. The first-order valence-electron chi connectivity index (χ1n) is 10.2. The van der Waals surface area contributed by atoms with Crippen molar-refractivity contribution in [1.29, 1.82) is 0 Å². The van der Waals surface area contributed by atoms with Gasteiger partial charge in [0.1, 0.15) is 11.6 Å². The fourth-order valence-corrected chi connectivity index (χ4v) is 4.48. The van der Waals surface area contributed by atoms with Crippen LogP contribution in [0.2, 0.25) is 0 Å². The highest BCUT2D eigenvalue weighted by molar-refractivity contribution is 5.38. The van der Waals surface area contributed by atoms with Crippen LogP contribution in [0.5, 0.6) is 0 Å². The standard InChI is InChI=1S/C24H17F5N3O/c25-18-19(26)21(28)23(22(29)20(18)27)32-13-31-16(11-12-17(31)30-32)24(33,14-7-3-1-4-8-14)15-9-5-2-6-10-15/h1-10,13,16,33H,11-12H2/q+1/t16-/m0/s1. The first-order chi connectivity index (χ1) is 15.8. The third kappa shape index (κ3) is 3.14. The minimum absolute atomic E-state index is 0.328. The van der Waals surface area contributed by atoms with E-state index in [1.807, 2.05) is 12.1 Å². The Morgan fingerprint density at radius 3 is 1.79 bits per heavy atom. The van der Waals surface area contributed by atoms with Gasteiger partial charge in [-0.3, -0.25) is 0 Å². The van der Waals surface area contributed by atoms with Gasteiger partial charge in [0, 0.05) is 11.5 Å². The molecule has 4 aromatic rings. The predicted molar refractivity (Wildman–Crippen MR) is 107 cm³/mol. The Morgan fingerprint density at radius 2 is 1.27 bits per heavy atom. The largest absolute Gasteiger partial charge is 0.377 e. The Morgan fingerprint density at radius 1 is 0.788 bits per heavy atom. The molecule has 1 N–H and O–H groups in total. The second-order valence-corrected chi connectivity index (χ2v) is 7.85. The lowest BCUT2D eigenvalue weighted by Gasteiger charge is -2.34. The Bertz CT molecular complexity index is 1270. The number of hydrogen-bond donors (Lipinski definition) is 1. The molecule has 0 unspecified atom stereocenters. The summed E-state index contributed by atoms with van der Waals surface area (Å²) in [7, 11) is 0. The van der Waals surface area contributed by atoms with Gasteiger partial charge in [-0.25, -0.2) is 17.7 Å². The van der Waals surface area contributed by atoms with Crippen LogP contribution in [0.4, 0.5) is 22.0 Å². The third-order valence-electron chi connectivity index (χ3n) is 6.06. The second kappa shape index (κ2) is 7.77. The Labute approximate surface area is 185 Å². The lowest BCUT2D eigenvalue weighted by molar-refractivity contribution is -0.731. The fourth-order valence-electron chi connectivity index (χ4n) is 4.48. The van der Waals surface area contributed by atoms with Gasteiger partial charge in [-0.05, 0) is 17.5 Å². The van der Waals surface area contributed by atoms with E-state index in [0.29, 0.717) is 34.5 Å². The summed E-state index contributed by atoms with van der Waals surface area (Å²) in [5.74, 6) is -9.95. The molecule has 2 heterocycles. The van der Waals surface area contributed by atoms with Crippen LogP contribution in [0.25, 0.3) is 5.69 Å². The van der Waals surface area contributed by atoms with Crippen LogP contribution in [-0.4, -0.2) is 14.9 Å². The molecule has 0 bridgehead atoms. The summed E-state index contributed by atoms with van der Waals surface area (Å²) < 4.78 is 71.9. The SMILES string of the molecule is OC(c1ccccc1)(c1ccccc1)[C@@H]1CCc2nn(-c3c(F)c(F)c(F)c(F)c3F)c[n+]21.